The summed E-state index contributed by atoms with van der Waals surface area (Å²) >= 11 is 6.09. The molecule has 0 amide bonds. The van der Waals surface area contributed by atoms with Gasteiger partial charge in [-0.15, -0.1) is 11.6 Å². The molecule has 1 N–H and O–H groups in total. The fourth-order valence-electron chi connectivity index (χ4n) is 2.16. The minimum Gasteiger partial charge on any atom is -1.00 e. The van der Waals surface area contributed by atoms with Gasteiger partial charge in [-0.05, 0) is 19.8 Å². The molecule has 0 radical (unpaired) electrons. The van der Waals surface area contributed by atoms with E-state index in [4.69, 9.17) is 11.6 Å². The number of alkyl halides is 1. The van der Waals surface area contributed by atoms with Crippen LogP contribution in [0.3, 0.4) is 0 Å². The maximum atomic E-state index is 9.30. The monoisotopic (exact) mass is 227 g/mol. The number of likely N-dealkylation sites (tertiary alicyclic amines) is 1. The number of piperidine rings is 1. The molecule has 2 nitrogen and oxygen atoms in total. The second-order valence-electron chi connectivity index (χ2n) is 4.30. The van der Waals surface area contributed by atoms with E-state index in [1.54, 1.807) is 0 Å². The Labute approximate surface area is 91.9 Å². The molecular weight excluding hydrogens is 209 g/mol. The summed E-state index contributed by atoms with van der Waals surface area (Å²) in [5.74, 6) is 0. The van der Waals surface area contributed by atoms with Gasteiger partial charge in [-0.1, -0.05) is 0 Å². The minimum atomic E-state index is -0.211. The fourth-order valence-corrected chi connectivity index (χ4v) is 2.65. The van der Waals surface area contributed by atoms with Crippen molar-refractivity contribution in [3.63, 3.8) is 0 Å². The summed E-state index contributed by atoms with van der Waals surface area (Å²) in [5.41, 5.74) is 0. The number of nitrogens with zero attached hydrogens (tertiary/aromatic N) is 1. The van der Waals surface area contributed by atoms with E-state index < -0.39 is 0 Å². The number of aliphatic hydroxyl groups excluding tert-OH is 1. The zero-order valence-corrected chi connectivity index (χ0v) is 9.85. The Balaban J connectivity index is 0.00000144. The van der Waals surface area contributed by atoms with Crippen LogP contribution in [0, 0.1) is 0 Å². The van der Waals surface area contributed by atoms with E-state index in [0.29, 0.717) is 5.38 Å². The highest BCUT2D eigenvalue weighted by molar-refractivity contribution is 6.20. The van der Waals surface area contributed by atoms with E-state index in [-0.39, 0.29) is 18.5 Å². The van der Waals surface area contributed by atoms with E-state index in [2.05, 4.69) is 7.05 Å². The number of halogens is 2. The van der Waals surface area contributed by atoms with E-state index in [1.165, 1.54) is 6.42 Å². The van der Waals surface area contributed by atoms with Crippen molar-refractivity contribution in [3.8, 4) is 0 Å². The van der Waals surface area contributed by atoms with Crippen molar-refractivity contribution in [2.75, 3.05) is 26.7 Å². The van der Waals surface area contributed by atoms with Crippen LogP contribution in [0.25, 0.3) is 0 Å². The SMILES string of the molecule is CC(O)C[N+]1(C)CCCC(Cl)C1.[Cl-]. The highest BCUT2D eigenvalue weighted by Crippen LogP contribution is 2.20. The van der Waals surface area contributed by atoms with Crippen LogP contribution < -0.4 is 12.4 Å². The predicted molar refractivity (Wildman–Crippen MR) is 51.3 cm³/mol. The molecule has 4 heteroatoms. The van der Waals surface area contributed by atoms with Gasteiger partial charge in [-0.3, -0.25) is 0 Å². The largest absolute Gasteiger partial charge is 1.00 e. The number of aliphatic hydroxyl groups is 1. The molecule has 1 saturated heterocycles. The number of hydrogen-bond donors (Lipinski definition) is 1. The standard InChI is InChI=1S/C9H19ClNO.ClH/c1-8(12)6-11(2)5-3-4-9(10)7-11;/h8-9,12H,3-7H2,1-2H3;1H/q+1;/p-1. The van der Waals surface area contributed by atoms with Crippen molar-refractivity contribution in [3.05, 3.63) is 0 Å². The number of likely N-dealkylation sites (N-methyl/N-ethyl adjacent to an activating group) is 1. The third kappa shape index (κ3) is 4.50. The average Bonchev–Trinajstić information content (AvgIpc) is 1.82. The molecule has 0 saturated carbocycles. The Hall–Kier alpha value is 0.500. The first-order chi connectivity index (χ1) is 5.52. The molecule has 1 aliphatic heterocycles. The Morgan fingerprint density at radius 2 is 2.23 bits per heavy atom. The van der Waals surface area contributed by atoms with Gasteiger partial charge in [0.1, 0.15) is 12.6 Å². The molecule has 3 atom stereocenters. The second kappa shape index (κ2) is 5.40. The first-order valence-corrected chi connectivity index (χ1v) is 5.11. The number of hydrogen-bond acceptors (Lipinski definition) is 1. The molecule has 1 rings (SSSR count). The van der Waals surface area contributed by atoms with E-state index in [0.717, 1.165) is 30.5 Å². The molecule has 0 bridgehead atoms. The molecule has 1 heterocycles. The van der Waals surface area contributed by atoms with Crippen LogP contribution in [-0.2, 0) is 0 Å². The molecule has 1 fully saturated rings. The highest BCUT2D eigenvalue weighted by atomic mass is 35.5. The third-order valence-corrected chi connectivity index (χ3v) is 2.92. The summed E-state index contributed by atoms with van der Waals surface area (Å²) in [6.07, 6.45) is 2.11. The zero-order valence-electron chi connectivity index (χ0n) is 8.34. The topological polar surface area (TPSA) is 20.2 Å². The van der Waals surface area contributed by atoms with Crippen LogP contribution in [-0.4, -0.2) is 47.8 Å². The molecule has 13 heavy (non-hydrogen) atoms. The van der Waals surface area contributed by atoms with Crippen molar-refractivity contribution in [2.45, 2.75) is 31.2 Å². The van der Waals surface area contributed by atoms with Crippen LogP contribution >= 0.6 is 11.6 Å². The summed E-state index contributed by atoms with van der Waals surface area (Å²) in [6, 6.07) is 0. The minimum absolute atomic E-state index is 0. The Morgan fingerprint density at radius 3 is 2.69 bits per heavy atom. The van der Waals surface area contributed by atoms with Crippen LogP contribution in [0.2, 0.25) is 0 Å². The smallest absolute Gasteiger partial charge is 0.105 e. The summed E-state index contributed by atoms with van der Waals surface area (Å²) in [6.45, 7) is 4.85. The van der Waals surface area contributed by atoms with Gasteiger partial charge in [0, 0.05) is 0 Å². The molecule has 0 spiro atoms. The van der Waals surface area contributed by atoms with Gasteiger partial charge >= 0.3 is 0 Å². The molecule has 1 aliphatic rings. The Kier molecular flexibility index (Phi) is 5.61. The maximum Gasteiger partial charge on any atom is 0.105 e. The van der Waals surface area contributed by atoms with Crippen molar-refractivity contribution in [1.29, 1.82) is 0 Å². The second-order valence-corrected chi connectivity index (χ2v) is 4.91. The molecule has 0 aromatic carbocycles. The molecule has 0 aromatic rings. The van der Waals surface area contributed by atoms with Gasteiger partial charge < -0.3 is 22.0 Å². The van der Waals surface area contributed by atoms with Crippen molar-refractivity contribution in [2.24, 2.45) is 0 Å². The van der Waals surface area contributed by atoms with Gasteiger partial charge in [0.25, 0.3) is 0 Å². The van der Waals surface area contributed by atoms with Crippen LogP contribution in [0.4, 0.5) is 0 Å². The van der Waals surface area contributed by atoms with Gasteiger partial charge in [0.2, 0.25) is 0 Å². The van der Waals surface area contributed by atoms with Crippen molar-refractivity contribution in [1.82, 2.24) is 0 Å². The highest BCUT2D eigenvalue weighted by Gasteiger charge is 2.30. The quantitative estimate of drug-likeness (QED) is 0.437. The van der Waals surface area contributed by atoms with Crippen molar-refractivity contribution >= 4 is 11.6 Å². The molecular formula is C9H19Cl2NO. The van der Waals surface area contributed by atoms with Crippen molar-refractivity contribution < 1.29 is 22.0 Å². The normalized spacial score (nSPS) is 36.5. The molecule has 0 aromatic heterocycles. The average molecular weight is 228 g/mol. The first kappa shape index (κ1) is 13.5. The summed E-state index contributed by atoms with van der Waals surface area (Å²) in [4.78, 5) is 0. The zero-order chi connectivity index (χ0) is 9.19. The van der Waals surface area contributed by atoms with Gasteiger partial charge in [0.05, 0.1) is 25.5 Å². The lowest BCUT2D eigenvalue weighted by Crippen LogP contribution is -3.00. The fraction of sp³-hybridized carbons (Fsp3) is 1.00. The summed E-state index contributed by atoms with van der Waals surface area (Å²) < 4.78 is 0.936. The molecule has 3 unspecified atom stereocenters. The lowest BCUT2D eigenvalue weighted by atomic mass is 10.1. The number of quaternary nitrogens is 1. The lowest BCUT2D eigenvalue weighted by Gasteiger charge is -2.40. The Bertz CT molecular complexity index is 151. The van der Waals surface area contributed by atoms with Gasteiger partial charge in [-0.25, -0.2) is 0 Å². The number of rotatable bonds is 2. The van der Waals surface area contributed by atoms with Crippen LogP contribution in [0.1, 0.15) is 19.8 Å². The summed E-state index contributed by atoms with van der Waals surface area (Å²) in [5, 5.41) is 9.61. The lowest BCUT2D eigenvalue weighted by molar-refractivity contribution is -0.916. The maximum absolute atomic E-state index is 9.30. The van der Waals surface area contributed by atoms with E-state index in [1.807, 2.05) is 6.92 Å². The molecule has 0 aliphatic carbocycles. The Morgan fingerprint density at radius 1 is 1.62 bits per heavy atom. The predicted octanol–water partition coefficient (Wildman–Crippen LogP) is -1.78. The van der Waals surface area contributed by atoms with E-state index >= 15 is 0 Å². The third-order valence-electron chi connectivity index (χ3n) is 2.56. The van der Waals surface area contributed by atoms with Crippen LogP contribution in [0.5, 0.6) is 0 Å². The van der Waals surface area contributed by atoms with Gasteiger partial charge in [0.15, 0.2) is 0 Å². The first-order valence-electron chi connectivity index (χ1n) is 4.67. The van der Waals surface area contributed by atoms with Gasteiger partial charge in [-0.2, -0.15) is 0 Å². The molecule has 80 valence electrons. The van der Waals surface area contributed by atoms with E-state index in [9.17, 15) is 5.11 Å². The summed E-state index contributed by atoms with van der Waals surface area (Å²) in [7, 11) is 2.18. The van der Waals surface area contributed by atoms with Crippen LogP contribution in [0.15, 0.2) is 0 Å².